The van der Waals surface area contributed by atoms with Crippen LogP contribution in [0.15, 0.2) is 0 Å². The molecule has 1 aliphatic rings. The van der Waals surface area contributed by atoms with Crippen LogP contribution in [-0.2, 0) is 4.79 Å². The van der Waals surface area contributed by atoms with Gasteiger partial charge in [0.05, 0.1) is 6.54 Å². The largest absolute Gasteiger partial charge is 0.351 e. The number of nitrogens with zero attached hydrogens (tertiary/aromatic N) is 2. The Kier molecular flexibility index (Phi) is 6.03. The lowest BCUT2D eigenvalue weighted by atomic mass is 10.1. The minimum absolute atomic E-state index is 0.225. The second-order valence-corrected chi connectivity index (χ2v) is 4.83. The molecule has 1 fully saturated rings. The third kappa shape index (κ3) is 5.44. The zero-order valence-electron chi connectivity index (χ0n) is 10.9. The summed E-state index contributed by atoms with van der Waals surface area (Å²) in [5, 5.41) is 2.07. The van der Waals surface area contributed by atoms with E-state index in [4.69, 9.17) is 11.5 Å². The van der Waals surface area contributed by atoms with E-state index in [1.165, 1.54) is 0 Å². The van der Waals surface area contributed by atoms with E-state index in [0.717, 1.165) is 32.7 Å². The molecule has 104 valence electrons. The van der Waals surface area contributed by atoms with Gasteiger partial charge in [-0.3, -0.25) is 15.0 Å². The van der Waals surface area contributed by atoms with Crippen molar-refractivity contribution in [2.24, 2.45) is 17.4 Å². The van der Waals surface area contributed by atoms with Gasteiger partial charge in [0.15, 0.2) is 0 Å². The quantitative estimate of drug-likeness (QED) is 0.550. The Bertz CT molecular complexity index is 289. The van der Waals surface area contributed by atoms with Crippen molar-refractivity contribution in [2.45, 2.75) is 6.92 Å². The third-order valence-corrected chi connectivity index (χ3v) is 3.07. The Labute approximate surface area is 107 Å². The fraction of sp³-hybridized carbons (Fsp3) is 0.818. The molecule has 7 nitrogen and oxygen atoms in total. The molecule has 0 spiro atoms. The van der Waals surface area contributed by atoms with E-state index in [1.54, 1.807) is 0 Å². The van der Waals surface area contributed by atoms with Gasteiger partial charge in [-0.05, 0) is 12.5 Å². The predicted molar refractivity (Wildman–Crippen MR) is 68.8 cm³/mol. The van der Waals surface area contributed by atoms with Crippen LogP contribution < -0.4 is 16.8 Å². The number of piperazine rings is 1. The Balaban J connectivity index is 2.23. The number of nitrogens with one attached hydrogen (secondary N) is 1. The van der Waals surface area contributed by atoms with Gasteiger partial charge in [-0.1, -0.05) is 6.92 Å². The summed E-state index contributed by atoms with van der Waals surface area (Å²) in [5.41, 5.74) is 10.5. The number of hydrogen-bond acceptors (Lipinski definition) is 5. The van der Waals surface area contributed by atoms with Crippen LogP contribution in [0, 0.1) is 5.92 Å². The highest BCUT2D eigenvalue weighted by atomic mass is 16.2. The van der Waals surface area contributed by atoms with Gasteiger partial charge < -0.3 is 16.4 Å². The topological polar surface area (TPSA) is 105 Å². The predicted octanol–water partition coefficient (Wildman–Crippen LogP) is -1.61. The molecule has 7 heteroatoms. The zero-order chi connectivity index (χ0) is 13.5. The number of hydrogen-bond donors (Lipinski definition) is 3. The average Bonchev–Trinajstić information content (AvgIpc) is 2.30. The van der Waals surface area contributed by atoms with Crippen LogP contribution in [0.1, 0.15) is 6.92 Å². The molecule has 1 unspecified atom stereocenters. The van der Waals surface area contributed by atoms with Crippen molar-refractivity contribution in [3.8, 4) is 0 Å². The smallest absolute Gasteiger partial charge is 0.318 e. The first kappa shape index (κ1) is 14.9. The maximum atomic E-state index is 11.3. The number of primary amides is 1. The molecule has 3 amide bonds. The summed E-state index contributed by atoms with van der Waals surface area (Å²) in [7, 11) is 0. The fourth-order valence-corrected chi connectivity index (χ4v) is 2.03. The van der Waals surface area contributed by atoms with Crippen molar-refractivity contribution in [1.29, 1.82) is 0 Å². The van der Waals surface area contributed by atoms with E-state index >= 15 is 0 Å². The lowest BCUT2D eigenvalue weighted by Crippen LogP contribution is -2.51. The van der Waals surface area contributed by atoms with Gasteiger partial charge in [-0.25, -0.2) is 4.79 Å². The molecular weight excluding hydrogens is 234 g/mol. The molecule has 0 bridgehead atoms. The number of nitrogens with two attached hydrogens (primary N) is 2. The molecule has 1 heterocycles. The number of imide groups is 1. The van der Waals surface area contributed by atoms with Gasteiger partial charge in [0.25, 0.3) is 0 Å². The third-order valence-electron chi connectivity index (χ3n) is 3.07. The normalized spacial score (nSPS) is 19.4. The molecule has 0 aromatic rings. The first-order valence-corrected chi connectivity index (χ1v) is 6.25. The highest BCUT2D eigenvalue weighted by Gasteiger charge is 2.20. The summed E-state index contributed by atoms with van der Waals surface area (Å²) in [4.78, 5) is 26.2. The molecule has 0 aliphatic carbocycles. The standard InChI is InChI=1S/C11H23N5O2/c1-9(6-12)7-15-2-4-16(5-3-15)8-10(17)14-11(13)18/h9H,2-8,12H2,1H3,(H3,13,14,17,18). The van der Waals surface area contributed by atoms with Gasteiger partial charge in [-0.2, -0.15) is 0 Å². The van der Waals surface area contributed by atoms with Crippen molar-refractivity contribution in [1.82, 2.24) is 15.1 Å². The number of urea groups is 1. The Hall–Kier alpha value is -1.18. The van der Waals surface area contributed by atoms with Gasteiger partial charge in [-0.15, -0.1) is 0 Å². The molecule has 18 heavy (non-hydrogen) atoms. The van der Waals surface area contributed by atoms with E-state index in [0.29, 0.717) is 12.5 Å². The molecule has 1 rings (SSSR count). The molecule has 1 saturated heterocycles. The van der Waals surface area contributed by atoms with Crippen molar-refractivity contribution in [3.63, 3.8) is 0 Å². The number of rotatable bonds is 5. The van der Waals surface area contributed by atoms with Gasteiger partial charge in [0.1, 0.15) is 0 Å². The molecule has 5 N–H and O–H groups in total. The summed E-state index contributed by atoms with van der Waals surface area (Å²) in [5.74, 6) is 0.154. The van der Waals surface area contributed by atoms with Crippen molar-refractivity contribution in [3.05, 3.63) is 0 Å². The summed E-state index contributed by atoms with van der Waals surface area (Å²) in [6, 6.07) is -0.796. The van der Waals surface area contributed by atoms with E-state index in [2.05, 4.69) is 17.1 Å². The van der Waals surface area contributed by atoms with E-state index in [-0.39, 0.29) is 12.5 Å². The lowest BCUT2D eigenvalue weighted by Gasteiger charge is -2.35. The molecule has 0 radical (unpaired) electrons. The Morgan fingerprint density at radius 1 is 1.22 bits per heavy atom. The fourth-order valence-electron chi connectivity index (χ4n) is 2.03. The maximum Gasteiger partial charge on any atom is 0.318 e. The van der Waals surface area contributed by atoms with E-state index in [1.807, 2.05) is 4.90 Å². The second kappa shape index (κ2) is 7.30. The second-order valence-electron chi connectivity index (χ2n) is 4.83. The molecule has 0 aromatic heterocycles. The number of carbonyl (C=O) groups is 2. The molecule has 1 aliphatic heterocycles. The van der Waals surface area contributed by atoms with Crippen LogP contribution in [0.5, 0.6) is 0 Å². The van der Waals surface area contributed by atoms with Crippen LogP contribution in [0.25, 0.3) is 0 Å². The van der Waals surface area contributed by atoms with Gasteiger partial charge in [0, 0.05) is 32.7 Å². The van der Waals surface area contributed by atoms with Crippen LogP contribution in [0.4, 0.5) is 4.79 Å². The van der Waals surface area contributed by atoms with Crippen LogP contribution in [0.2, 0.25) is 0 Å². The summed E-state index contributed by atoms with van der Waals surface area (Å²) >= 11 is 0. The summed E-state index contributed by atoms with van der Waals surface area (Å²) < 4.78 is 0. The SMILES string of the molecule is CC(CN)CN1CCN(CC(=O)NC(N)=O)CC1. The summed E-state index contributed by atoms with van der Waals surface area (Å²) in [6.45, 7) is 7.55. The number of carbonyl (C=O) groups excluding carboxylic acids is 2. The molecule has 0 saturated carbocycles. The molecule has 0 aromatic carbocycles. The summed E-state index contributed by atoms with van der Waals surface area (Å²) in [6.07, 6.45) is 0. The maximum absolute atomic E-state index is 11.3. The monoisotopic (exact) mass is 257 g/mol. The van der Waals surface area contributed by atoms with Crippen molar-refractivity contribution >= 4 is 11.9 Å². The van der Waals surface area contributed by atoms with Crippen LogP contribution in [0.3, 0.4) is 0 Å². The van der Waals surface area contributed by atoms with Crippen LogP contribution in [-0.4, -0.2) is 67.6 Å². The Morgan fingerprint density at radius 2 is 1.78 bits per heavy atom. The molecular formula is C11H23N5O2. The van der Waals surface area contributed by atoms with E-state index < -0.39 is 6.03 Å². The zero-order valence-corrected chi connectivity index (χ0v) is 10.9. The van der Waals surface area contributed by atoms with Gasteiger partial charge in [0.2, 0.25) is 5.91 Å². The lowest BCUT2D eigenvalue weighted by molar-refractivity contribution is -0.121. The average molecular weight is 257 g/mol. The van der Waals surface area contributed by atoms with E-state index in [9.17, 15) is 9.59 Å². The minimum Gasteiger partial charge on any atom is -0.351 e. The Morgan fingerprint density at radius 3 is 2.28 bits per heavy atom. The van der Waals surface area contributed by atoms with Crippen LogP contribution >= 0.6 is 0 Å². The first-order valence-electron chi connectivity index (χ1n) is 6.25. The van der Waals surface area contributed by atoms with Crippen molar-refractivity contribution in [2.75, 3.05) is 45.8 Å². The minimum atomic E-state index is -0.796. The number of amides is 3. The first-order chi connectivity index (χ1) is 8.51. The highest BCUT2D eigenvalue weighted by molar-refractivity contribution is 5.94. The van der Waals surface area contributed by atoms with Gasteiger partial charge >= 0.3 is 6.03 Å². The molecule has 1 atom stereocenters. The van der Waals surface area contributed by atoms with Crippen molar-refractivity contribution < 1.29 is 9.59 Å². The highest BCUT2D eigenvalue weighted by Crippen LogP contribution is 2.04.